The van der Waals surface area contributed by atoms with Crippen molar-refractivity contribution >= 4 is 12.1 Å². The summed E-state index contributed by atoms with van der Waals surface area (Å²) >= 11 is 0. The summed E-state index contributed by atoms with van der Waals surface area (Å²) in [7, 11) is 1.40. The topological polar surface area (TPSA) is 73.9 Å². The van der Waals surface area contributed by atoms with Crippen molar-refractivity contribution in [2.75, 3.05) is 13.8 Å². The third-order valence-electron chi connectivity index (χ3n) is 1.03. The van der Waals surface area contributed by atoms with Crippen molar-refractivity contribution in [2.45, 2.75) is 13.8 Å². The maximum absolute atomic E-state index is 10.8. The van der Waals surface area contributed by atoms with Crippen LogP contribution in [0.5, 0.6) is 0 Å². The number of carbonyl (C=O) groups is 2. The molecule has 6 nitrogen and oxygen atoms in total. The van der Waals surface area contributed by atoms with Crippen molar-refractivity contribution < 1.29 is 23.9 Å². The number of hydrogen-bond donors (Lipinski definition) is 1. The van der Waals surface area contributed by atoms with Crippen LogP contribution in [0.25, 0.3) is 0 Å². The first-order valence-electron chi connectivity index (χ1n) is 3.75. The van der Waals surface area contributed by atoms with Crippen molar-refractivity contribution in [3.05, 3.63) is 0 Å². The second-order valence-electron chi connectivity index (χ2n) is 2.44. The summed E-state index contributed by atoms with van der Waals surface area (Å²) in [5, 5.41) is 0. The average molecular weight is 191 g/mol. The van der Waals surface area contributed by atoms with E-state index in [2.05, 4.69) is 19.8 Å². The Morgan fingerprint density at radius 2 is 1.92 bits per heavy atom. The summed E-state index contributed by atoms with van der Waals surface area (Å²) < 4.78 is 8.87. The Morgan fingerprint density at radius 3 is 2.38 bits per heavy atom. The Hall–Kier alpha value is -1.30. The predicted octanol–water partition coefficient (Wildman–Crippen LogP) is 0.431. The van der Waals surface area contributed by atoms with Gasteiger partial charge >= 0.3 is 12.1 Å². The molecule has 13 heavy (non-hydrogen) atoms. The van der Waals surface area contributed by atoms with Crippen LogP contribution < -0.4 is 5.48 Å². The fourth-order valence-electron chi connectivity index (χ4n) is 0.415. The monoisotopic (exact) mass is 191 g/mol. The molecule has 0 heterocycles. The van der Waals surface area contributed by atoms with Gasteiger partial charge in [-0.05, 0) is 0 Å². The van der Waals surface area contributed by atoms with E-state index in [4.69, 9.17) is 0 Å². The summed E-state index contributed by atoms with van der Waals surface area (Å²) in [4.78, 5) is 25.5. The first-order valence-corrected chi connectivity index (χ1v) is 3.75. The van der Waals surface area contributed by atoms with E-state index in [-0.39, 0.29) is 5.92 Å². The molecule has 0 aromatic heterocycles. The molecule has 0 saturated carbocycles. The highest BCUT2D eigenvalue weighted by Crippen LogP contribution is 1.95. The molecule has 0 aromatic rings. The summed E-state index contributed by atoms with van der Waals surface area (Å²) in [5.74, 6) is -0.679. The number of nitrogens with one attached hydrogen (secondary N) is 1. The number of esters is 1. The number of ether oxygens (including phenoxy) is 2. The molecule has 0 saturated heterocycles. The van der Waals surface area contributed by atoms with Gasteiger partial charge in [0.05, 0.1) is 5.92 Å². The zero-order valence-electron chi connectivity index (χ0n) is 7.83. The maximum atomic E-state index is 10.8. The first-order chi connectivity index (χ1) is 6.07. The van der Waals surface area contributed by atoms with E-state index in [9.17, 15) is 9.59 Å². The van der Waals surface area contributed by atoms with Gasteiger partial charge in [-0.3, -0.25) is 4.79 Å². The lowest BCUT2D eigenvalue weighted by Gasteiger charge is -2.06. The van der Waals surface area contributed by atoms with Gasteiger partial charge < -0.3 is 14.3 Å². The van der Waals surface area contributed by atoms with Crippen molar-refractivity contribution in [1.82, 2.24) is 5.48 Å². The highest BCUT2D eigenvalue weighted by Gasteiger charge is 2.09. The zero-order chi connectivity index (χ0) is 10.3. The molecule has 0 aromatic carbocycles. The molecule has 1 N–H and O–H groups in total. The standard InChI is InChI=1S/C7H13NO5/c1-5(2)6(9)11-4-12-7(10)13-8-3/h5,8H,4H2,1-3H3. The van der Waals surface area contributed by atoms with Crippen LogP contribution >= 0.6 is 0 Å². The van der Waals surface area contributed by atoms with E-state index in [0.717, 1.165) is 0 Å². The van der Waals surface area contributed by atoms with Gasteiger partial charge in [-0.15, -0.1) is 0 Å². The highest BCUT2D eigenvalue weighted by atomic mass is 16.8. The molecule has 0 fully saturated rings. The van der Waals surface area contributed by atoms with Crippen molar-refractivity contribution in [3.63, 3.8) is 0 Å². The normalized spacial score (nSPS) is 9.54. The van der Waals surface area contributed by atoms with Crippen molar-refractivity contribution in [1.29, 1.82) is 0 Å². The molecule has 0 aliphatic heterocycles. The lowest BCUT2D eigenvalue weighted by molar-refractivity contribution is -0.157. The van der Waals surface area contributed by atoms with Gasteiger partial charge in [0.15, 0.2) is 0 Å². The van der Waals surface area contributed by atoms with Gasteiger partial charge in [0.1, 0.15) is 0 Å². The van der Waals surface area contributed by atoms with Gasteiger partial charge in [-0.1, -0.05) is 13.8 Å². The van der Waals surface area contributed by atoms with Crippen LogP contribution in [0.3, 0.4) is 0 Å². The minimum Gasteiger partial charge on any atom is -0.427 e. The lowest BCUT2D eigenvalue weighted by Crippen LogP contribution is -2.20. The molecule has 6 heteroatoms. The third kappa shape index (κ3) is 5.92. The second kappa shape index (κ2) is 6.24. The van der Waals surface area contributed by atoms with Crippen LogP contribution in [0.4, 0.5) is 4.79 Å². The molecular weight excluding hydrogens is 178 g/mol. The number of carbonyl (C=O) groups excluding carboxylic acids is 2. The van der Waals surface area contributed by atoms with E-state index in [0.29, 0.717) is 0 Å². The highest BCUT2D eigenvalue weighted by molar-refractivity contribution is 5.71. The lowest BCUT2D eigenvalue weighted by atomic mass is 10.2. The first kappa shape index (κ1) is 11.7. The quantitative estimate of drug-likeness (QED) is 0.394. The minimum atomic E-state index is -0.945. The molecular formula is C7H13NO5. The molecule has 0 radical (unpaired) electrons. The molecule has 0 atom stereocenters. The average Bonchev–Trinajstić information content (AvgIpc) is 2.04. The molecule has 0 unspecified atom stereocenters. The largest absolute Gasteiger partial charge is 0.530 e. The van der Waals surface area contributed by atoms with Gasteiger partial charge in [0, 0.05) is 7.05 Å². The van der Waals surface area contributed by atoms with Crippen LogP contribution in [-0.2, 0) is 19.1 Å². The van der Waals surface area contributed by atoms with Crippen LogP contribution in [0, 0.1) is 5.92 Å². The molecule has 0 spiro atoms. The van der Waals surface area contributed by atoms with Crippen LogP contribution in [0.2, 0.25) is 0 Å². The van der Waals surface area contributed by atoms with Gasteiger partial charge in [-0.25, -0.2) is 4.79 Å². The van der Waals surface area contributed by atoms with Crippen LogP contribution in [0.1, 0.15) is 13.8 Å². The SMILES string of the molecule is CNOC(=O)OCOC(=O)C(C)C. The third-order valence-corrected chi connectivity index (χ3v) is 1.03. The van der Waals surface area contributed by atoms with Crippen molar-refractivity contribution in [3.8, 4) is 0 Å². The summed E-state index contributed by atoms with van der Waals surface area (Å²) in [6.45, 7) is 2.92. The summed E-state index contributed by atoms with van der Waals surface area (Å²) in [6, 6.07) is 0. The van der Waals surface area contributed by atoms with E-state index in [1.165, 1.54) is 7.05 Å². The van der Waals surface area contributed by atoms with Crippen molar-refractivity contribution in [2.24, 2.45) is 5.92 Å². The van der Waals surface area contributed by atoms with Gasteiger partial charge in [0.25, 0.3) is 0 Å². The molecule has 0 aliphatic carbocycles. The summed E-state index contributed by atoms with van der Waals surface area (Å²) in [5.41, 5.74) is 2.11. The Kier molecular flexibility index (Phi) is 5.62. The molecule has 0 rings (SSSR count). The Morgan fingerprint density at radius 1 is 1.31 bits per heavy atom. The van der Waals surface area contributed by atoms with E-state index >= 15 is 0 Å². The van der Waals surface area contributed by atoms with Gasteiger partial charge in [0.2, 0.25) is 6.79 Å². The second-order valence-corrected chi connectivity index (χ2v) is 2.44. The smallest absolute Gasteiger partial charge is 0.427 e. The molecule has 0 amide bonds. The Bertz CT molecular complexity index is 180. The number of hydroxylamine groups is 1. The number of hydrogen-bond acceptors (Lipinski definition) is 6. The molecule has 0 aliphatic rings. The zero-order valence-corrected chi connectivity index (χ0v) is 7.83. The number of rotatable bonds is 4. The van der Waals surface area contributed by atoms with Crippen LogP contribution in [-0.4, -0.2) is 26.0 Å². The molecule has 76 valence electrons. The minimum absolute atomic E-state index is 0.246. The predicted molar refractivity (Wildman–Crippen MR) is 42.4 cm³/mol. The van der Waals surface area contributed by atoms with E-state index < -0.39 is 18.9 Å². The van der Waals surface area contributed by atoms with E-state index in [1.807, 2.05) is 0 Å². The summed E-state index contributed by atoms with van der Waals surface area (Å²) in [6.07, 6.45) is -0.945. The fourth-order valence-corrected chi connectivity index (χ4v) is 0.415. The molecule has 0 bridgehead atoms. The van der Waals surface area contributed by atoms with E-state index in [1.54, 1.807) is 13.8 Å². The maximum Gasteiger partial charge on any atom is 0.530 e. The van der Waals surface area contributed by atoms with Crippen LogP contribution in [0.15, 0.2) is 0 Å². The Balaban J connectivity index is 3.45. The fraction of sp³-hybridized carbons (Fsp3) is 0.714. The Labute approximate surface area is 76.1 Å². The van der Waals surface area contributed by atoms with Gasteiger partial charge in [-0.2, -0.15) is 5.48 Å².